The molecule has 1 saturated carbocycles. The second kappa shape index (κ2) is 5.20. The minimum absolute atomic E-state index is 0.0287. The van der Waals surface area contributed by atoms with E-state index in [2.05, 4.69) is 15.5 Å². The van der Waals surface area contributed by atoms with Gasteiger partial charge in [0.2, 0.25) is 5.91 Å². The van der Waals surface area contributed by atoms with Crippen LogP contribution in [-0.2, 0) is 11.2 Å². The smallest absolute Gasteiger partial charge is 0.221 e. The van der Waals surface area contributed by atoms with Gasteiger partial charge in [-0.2, -0.15) is 0 Å². The number of amides is 1. The standard InChI is InChI=1S/C14H19N5O/c15-14(6-3-7-14)10-13(20)16-8-5-12-18-17-11-4-1-2-9-19(11)12/h1-2,4,9H,3,5-8,10,15H2,(H,16,20). The third kappa shape index (κ3) is 2.65. The van der Waals surface area contributed by atoms with Gasteiger partial charge >= 0.3 is 0 Å². The molecule has 1 aliphatic carbocycles. The topological polar surface area (TPSA) is 85.3 Å². The van der Waals surface area contributed by atoms with E-state index in [0.717, 1.165) is 30.7 Å². The number of nitrogens with two attached hydrogens (primary N) is 1. The Bertz CT molecular complexity index is 617. The number of fused-ring (bicyclic) bond motifs is 1. The van der Waals surface area contributed by atoms with Crippen molar-refractivity contribution in [1.82, 2.24) is 19.9 Å². The van der Waals surface area contributed by atoms with Crippen molar-refractivity contribution >= 4 is 11.6 Å². The minimum atomic E-state index is -0.258. The molecule has 6 nitrogen and oxygen atoms in total. The van der Waals surface area contributed by atoms with Crippen LogP contribution in [0.15, 0.2) is 24.4 Å². The van der Waals surface area contributed by atoms with Gasteiger partial charge in [-0.15, -0.1) is 10.2 Å². The van der Waals surface area contributed by atoms with Gasteiger partial charge in [-0.1, -0.05) is 6.07 Å². The maximum atomic E-state index is 11.8. The molecule has 106 valence electrons. The predicted molar refractivity (Wildman–Crippen MR) is 75.1 cm³/mol. The quantitative estimate of drug-likeness (QED) is 0.838. The third-order valence-corrected chi connectivity index (χ3v) is 3.92. The zero-order chi connectivity index (χ0) is 14.0. The molecule has 2 aromatic heterocycles. The van der Waals surface area contributed by atoms with Crippen LogP contribution in [0.5, 0.6) is 0 Å². The maximum absolute atomic E-state index is 11.8. The number of pyridine rings is 1. The highest BCUT2D eigenvalue weighted by molar-refractivity contribution is 5.77. The number of carbonyl (C=O) groups excluding carboxylic acids is 1. The summed E-state index contributed by atoms with van der Waals surface area (Å²) in [7, 11) is 0. The van der Waals surface area contributed by atoms with Crippen LogP contribution >= 0.6 is 0 Å². The summed E-state index contributed by atoms with van der Waals surface area (Å²) in [5.41, 5.74) is 6.62. The highest BCUT2D eigenvalue weighted by Crippen LogP contribution is 2.31. The van der Waals surface area contributed by atoms with Crippen molar-refractivity contribution in [3.63, 3.8) is 0 Å². The number of carbonyl (C=O) groups is 1. The molecule has 0 spiro atoms. The van der Waals surface area contributed by atoms with Crippen LogP contribution in [0.1, 0.15) is 31.5 Å². The molecule has 0 unspecified atom stereocenters. The Morgan fingerprint density at radius 2 is 2.25 bits per heavy atom. The first-order valence-electron chi connectivity index (χ1n) is 7.01. The van der Waals surface area contributed by atoms with E-state index < -0.39 is 0 Å². The van der Waals surface area contributed by atoms with Crippen LogP contribution in [0, 0.1) is 0 Å². The predicted octanol–water partition coefficient (Wildman–Crippen LogP) is 0.659. The number of nitrogens with one attached hydrogen (secondary N) is 1. The van der Waals surface area contributed by atoms with Crippen LogP contribution in [0.25, 0.3) is 5.65 Å². The largest absolute Gasteiger partial charge is 0.356 e. The van der Waals surface area contributed by atoms with Gasteiger partial charge in [-0.3, -0.25) is 9.20 Å². The molecule has 0 aliphatic heterocycles. The molecule has 3 rings (SSSR count). The molecule has 1 aliphatic rings. The summed E-state index contributed by atoms with van der Waals surface area (Å²) >= 11 is 0. The number of aromatic nitrogens is 3. The third-order valence-electron chi connectivity index (χ3n) is 3.92. The summed E-state index contributed by atoms with van der Waals surface area (Å²) in [6.45, 7) is 0.560. The van der Waals surface area contributed by atoms with Gasteiger partial charge in [0.15, 0.2) is 5.65 Å². The average Bonchev–Trinajstić information content (AvgIpc) is 2.81. The lowest BCUT2D eigenvalue weighted by Gasteiger charge is -2.37. The highest BCUT2D eigenvalue weighted by atomic mass is 16.1. The summed E-state index contributed by atoms with van der Waals surface area (Å²) in [6, 6.07) is 5.77. The van der Waals surface area contributed by atoms with E-state index >= 15 is 0 Å². The Morgan fingerprint density at radius 3 is 3.00 bits per heavy atom. The Morgan fingerprint density at radius 1 is 1.40 bits per heavy atom. The van der Waals surface area contributed by atoms with Crippen LogP contribution in [0.4, 0.5) is 0 Å². The molecule has 3 N–H and O–H groups in total. The summed E-state index contributed by atoms with van der Waals surface area (Å²) in [4.78, 5) is 11.8. The van der Waals surface area contributed by atoms with Crippen molar-refractivity contribution in [3.8, 4) is 0 Å². The van der Waals surface area contributed by atoms with Gasteiger partial charge in [0.1, 0.15) is 5.82 Å². The Balaban J connectivity index is 1.51. The summed E-state index contributed by atoms with van der Waals surface area (Å²) in [5, 5.41) is 11.1. The minimum Gasteiger partial charge on any atom is -0.356 e. The second-order valence-corrected chi connectivity index (χ2v) is 5.54. The highest BCUT2D eigenvalue weighted by Gasteiger charge is 2.34. The second-order valence-electron chi connectivity index (χ2n) is 5.54. The fourth-order valence-corrected chi connectivity index (χ4v) is 2.57. The number of nitrogens with zero attached hydrogens (tertiary/aromatic N) is 3. The van der Waals surface area contributed by atoms with Crippen molar-refractivity contribution in [3.05, 3.63) is 30.2 Å². The van der Waals surface area contributed by atoms with Gasteiger partial charge in [0.25, 0.3) is 0 Å². The first kappa shape index (κ1) is 13.1. The van der Waals surface area contributed by atoms with Crippen LogP contribution in [0.3, 0.4) is 0 Å². The lowest BCUT2D eigenvalue weighted by molar-refractivity contribution is -0.122. The van der Waals surface area contributed by atoms with E-state index in [1.807, 2.05) is 28.8 Å². The number of hydrogen-bond donors (Lipinski definition) is 2. The molecule has 0 bridgehead atoms. The summed E-state index contributed by atoms with van der Waals surface area (Å²) in [5.74, 6) is 0.882. The molecule has 1 fully saturated rings. The zero-order valence-electron chi connectivity index (χ0n) is 11.4. The van der Waals surface area contributed by atoms with Crippen molar-refractivity contribution in [2.24, 2.45) is 5.73 Å². The first-order chi connectivity index (χ1) is 9.66. The number of hydrogen-bond acceptors (Lipinski definition) is 4. The van der Waals surface area contributed by atoms with E-state index in [0.29, 0.717) is 19.4 Å². The SMILES string of the molecule is NC1(CC(=O)NCCc2nnc3ccccn23)CCC1. The van der Waals surface area contributed by atoms with E-state index in [9.17, 15) is 4.79 Å². The molecule has 2 heterocycles. The molecule has 2 aromatic rings. The summed E-state index contributed by atoms with van der Waals surface area (Å²) < 4.78 is 1.93. The van der Waals surface area contributed by atoms with Crippen LogP contribution < -0.4 is 11.1 Å². The monoisotopic (exact) mass is 273 g/mol. The Kier molecular flexibility index (Phi) is 3.40. The van der Waals surface area contributed by atoms with Gasteiger partial charge in [-0.25, -0.2) is 0 Å². The van der Waals surface area contributed by atoms with Crippen molar-refractivity contribution in [2.75, 3.05) is 6.54 Å². The molecule has 0 radical (unpaired) electrons. The van der Waals surface area contributed by atoms with E-state index in [1.165, 1.54) is 0 Å². The first-order valence-corrected chi connectivity index (χ1v) is 7.01. The van der Waals surface area contributed by atoms with Gasteiger partial charge < -0.3 is 11.1 Å². The lowest BCUT2D eigenvalue weighted by Crippen LogP contribution is -2.50. The van der Waals surface area contributed by atoms with E-state index in [4.69, 9.17) is 5.73 Å². The molecular weight excluding hydrogens is 254 g/mol. The summed E-state index contributed by atoms with van der Waals surface area (Å²) in [6.07, 6.45) is 6.05. The molecule has 6 heteroatoms. The molecule has 20 heavy (non-hydrogen) atoms. The fraction of sp³-hybridized carbons (Fsp3) is 0.500. The normalized spacial score (nSPS) is 16.9. The Hall–Kier alpha value is -1.95. The number of rotatable bonds is 5. The van der Waals surface area contributed by atoms with Gasteiger partial charge in [0, 0.05) is 31.1 Å². The van der Waals surface area contributed by atoms with E-state index in [1.54, 1.807) is 0 Å². The van der Waals surface area contributed by atoms with Gasteiger partial charge in [-0.05, 0) is 31.4 Å². The van der Waals surface area contributed by atoms with E-state index in [-0.39, 0.29) is 11.4 Å². The molecule has 0 aromatic carbocycles. The lowest BCUT2D eigenvalue weighted by atomic mass is 9.75. The molecule has 0 atom stereocenters. The molecular formula is C14H19N5O. The zero-order valence-corrected chi connectivity index (χ0v) is 11.4. The molecule has 1 amide bonds. The van der Waals surface area contributed by atoms with Crippen molar-refractivity contribution in [1.29, 1.82) is 0 Å². The van der Waals surface area contributed by atoms with Crippen molar-refractivity contribution in [2.45, 2.75) is 37.6 Å². The maximum Gasteiger partial charge on any atom is 0.221 e. The van der Waals surface area contributed by atoms with Crippen molar-refractivity contribution < 1.29 is 4.79 Å². The average molecular weight is 273 g/mol. The Labute approximate surface area is 117 Å². The molecule has 0 saturated heterocycles. The van der Waals surface area contributed by atoms with Gasteiger partial charge in [0.05, 0.1) is 0 Å². The van der Waals surface area contributed by atoms with Crippen LogP contribution in [0.2, 0.25) is 0 Å². The van der Waals surface area contributed by atoms with Crippen LogP contribution in [-0.4, -0.2) is 32.6 Å². The fourth-order valence-electron chi connectivity index (χ4n) is 2.57.